The smallest absolute Gasteiger partial charge is 0.0571 e. The van der Waals surface area contributed by atoms with E-state index in [1.54, 1.807) is 14.2 Å². The van der Waals surface area contributed by atoms with Gasteiger partial charge in [-0.1, -0.05) is 25.7 Å². The normalized spacial score (nSPS) is 12.9. The summed E-state index contributed by atoms with van der Waals surface area (Å²) in [7, 11) is 3.55. The predicted octanol–water partition coefficient (Wildman–Crippen LogP) is 2.76. The fraction of sp³-hybridized carbons (Fsp3) is 1.00. The first-order valence-corrected chi connectivity index (χ1v) is 6.47. The third-order valence-corrected chi connectivity index (χ3v) is 2.89. The Balaban J connectivity index is 3.29. The molecule has 0 heterocycles. The summed E-state index contributed by atoms with van der Waals surface area (Å²) in [5.41, 5.74) is 0. The third-order valence-electron chi connectivity index (χ3n) is 2.89. The first kappa shape index (κ1) is 15.9. The fourth-order valence-corrected chi connectivity index (χ4v) is 1.84. The van der Waals surface area contributed by atoms with Crippen molar-refractivity contribution in [2.75, 3.05) is 27.4 Å². The molecule has 1 N–H and O–H groups in total. The predicted molar refractivity (Wildman–Crippen MR) is 66.7 cm³/mol. The molecule has 0 aromatic rings. The lowest BCUT2D eigenvalue weighted by atomic mass is 10.0. The molecule has 1 atom stereocenters. The van der Waals surface area contributed by atoms with Gasteiger partial charge in [-0.15, -0.1) is 0 Å². The van der Waals surface area contributed by atoms with Crippen LogP contribution in [0.5, 0.6) is 0 Å². The number of hydrogen-bond donors (Lipinski definition) is 1. The number of aliphatic hydroxyl groups excluding tert-OH is 1. The van der Waals surface area contributed by atoms with Gasteiger partial charge in [-0.25, -0.2) is 0 Å². The van der Waals surface area contributed by atoms with Crippen LogP contribution in [0.4, 0.5) is 0 Å². The van der Waals surface area contributed by atoms with E-state index in [-0.39, 0.29) is 0 Å². The molecule has 0 aliphatic heterocycles. The summed E-state index contributed by atoms with van der Waals surface area (Å²) in [5, 5.41) is 8.67. The molecular weight excluding hydrogens is 204 g/mol. The van der Waals surface area contributed by atoms with E-state index < -0.39 is 0 Å². The van der Waals surface area contributed by atoms with Crippen LogP contribution in [0.25, 0.3) is 0 Å². The van der Waals surface area contributed by atoms with E-state index in [1.165, 1.54) is 12.8 Å². The first-order chi connectivity index (χ1) is 7.85. The van der Waals surface area contributed by atoms with Gasteiger partial charge in [0, 0.05) is 27.4 Å². The molecule has 0 amide bonds. The molecule has 98 valence electrons. The Morgan fingerprint density at radius 1 is 0.875 bits per heavy atom. The number of aliphatic hydroxyl groups is 1. The van der Waals surface area contributed by atoms with Crippen molar-refractivity contribution >= 4 is 0 Å². The van der Waals surface area contributed by atoms with Crippen molar-refractivity contribution < 1.29 is 14.6 Å². The maximum Gasteiger partial charge on any atom is 0.0571 e. The Kier molecular flexibility index (Phi) is 12.9. The summed E-state index contributed by atoms with van der Waals surface area (Å²) >= 11 is 0. The second-order valence-electron chi connectivity index (χ2n) is 4.27. The highest BCUT2D eigenvalue weighted by molar-refractivity contribution is 4.58. The van der Waals surface area contributed by atoms with Crippen LogP contribution >= 0.6 is 0 Å². The summed E-state index contributed by atoms with van der Waals surface area (Å²) in [4.78, 5) is 0. The van der Waals surface area contributed by atoms with Crippen LogP contribution in [0.15, 0.2) is 0 Å². The van der Waals surface area contributed by atoms with Gasteiger partial charge in [-0.2, -0.15) is 0 Å². The van der Waals surface area contributed by atoms with Crippen LogP contribution in [0.2, 0.25) is 0 Å². The van der Waals surface area contributed by atoms with Crippen molar-refractivity contribution in [3.63, 3.8) is 0 Å². The van der Waals surface area contributed by atoms with Gasteiger partial charge in [0.05, 0.1) is 6.10 Å². The molecule has 0 aromatic heterocycles. The van der Waals surface area contributed by atoms with Crippen molar-refractivity contribution in [3.05, 3.63) is 0 Å². The average molecular weight is 232 g/mol. The molecule has 0 radical (unpaired) electrons. The van der Waals surface area contributed by atoms with Crippen LogP contribution < -0.4 is 0 Å². The molecule has 1 unspecified atom stereocenters. The first-order valence-electron chi connectivity index (χ1n) is 6.47. The Morgan fingerprint density at radius 2 is 1.50 bits per heavy atom. The second kappa shape index (κ2) is 12.9. The minimum atomic E-state index is 0.314. The molecule has 3 heteroatoms. The number of rotatable bonds is 12. The van der Waals surface area contributed by atoms with Crippen molar-refractivity contribution in [3.8, 4) is 0 Å². The van der Waals surface area contributed by atoms with Gasteiger partial charge in [0.1, 0.15) is 0 Å². The molecule has 0 rings (SSSR count). The summed E-state index contributed by atoms with van der Waals surface area (Å²) in [6.45, 7) is 1.18. The van der Waals surface area contributed by atoms with Gasteiger partial charge in [-0.3, -0.25) is 0 Å². The molecule has 0 aliphatic carbocycles. The molecule has 0 saturated heterocycles. The van der Waals surface area contributed by atoms with Crippen LogP contribution in [0, 0.1) is 0 Å². The van der Waals surface area contributed by atoms with Crippen molar-refractivity contribution in [2.24, 2.45) is 0 Å². The van der Waals surface area contributed by atoms with Gasteiger partial charge in [-0.05, 0) is 25.7 Å². The molecule has 0 fully saturated rings. The van der Waals surface area contributed by atoms with Crippen molar-refractivity contribution in [1.29, 1.82) is 0 Å². The van der Waals surface area contributed by atoms with Crippen LogP contribution in [0.3, 0.4) is 0 Å². The Bertz CT molecular complexity index is 128. The van der Waals surface area contributed by atoms with Crippen LogP contribution in [0.1, 0.15) is 51.4 Å². The van der Waals surface area contributed by atoms with Gasteiger partial charge in [0.25, 0.3) is 0 Å². The summed E-state index contributed by atoms with van der Waals surface area (Å²) < 4.78 is 10.5. The molecule has 0 aliphatic rings. The molecule has 3 nitrogen and oxygen atoms in total. The minimum absolute atomic E-state index is 0.314. The standard InChI is InChI=1S/C13H28O3/c1-15-12-8-4-6-10-13(16-2)9-5-3-7-11-14/h13-14H,3-12H2,1-2H3. The van der Waals surface area contributed by atoms with E-state index in [0.29, 0.717) is 12.7 Å². The summed E-state index contributed by atoms with van der Waals surface area (Å²) in [6.07, 6.45) is 9.48. The van der Waals surface area contributed by atoms with E-state index in [1.807, 2.05) is 0 Å². The van der Waals surface area contributed by atoms with Crippen LogP contribution in [-0.2, 0) is 9.47 Å². The van der Waals surface area contributed by atoms with Gasteiger partial charge in [0.2, 0.25) is 0 Å². The minimum Gasteiger partial charge on any atom is -0.396 e. The van der Waals surface area contributed by atoms with Crippen molar-refractivity contribution in [2.45, 2.75) is 57.5 Å². The molecule has 0 saturated carbocycles. The Hall–Kier alpha value is -0.120. The highest BCUT2D eigenvalue weighted by Gasteiger charge is 2.06. The molecule has 0 bridgehead atoms. The Morgan fingerprint density at radius 3 is 2.00 bits per heavy atom. The quantitative estimate of drug-likeness (QED) is 0.526. The highest BCUT2D eigenvalue weighted by Crippen LogP contribution is 2.13. The molecular formula is C13H28O3. The Labute approximate surface area is 100 Å². The topological polar surface area (TPSA) is 38.7 Å². The lowest BCUT2D eigenvalue weighted by Gasteiger charge is -2.14. The van der Waals surface area contributed by atoms with E-state index in [2.05, 4.69) is 0 Å². The maximum absolute atomic E-state index is 8.67. The van der Waals surface area contributed by atoms with E-state index in [0.717, 1.165) is 45.1 Å². The van der Waals surface area contributed by atoms with E-state index in [9.17, 15) is 0 Å². The van der Waals surface area contributed by atoms with E-state index >= 15 is 0 Å². The monoisotopic (exact) mass is 232 g/mol. The molecule has 16 heavy (non-hydrogen) atoms. The highest BCUT2D eigenvalue weighted by atomic mass is 16.5. The second-order valence-corrected chi connectivity index (χ2v) is 4.27. The zero-order chi connectivity index (χ0) is 12.1. The fourth-order valence-electron chi connectivity index (χ4n) is 1.84. The summed E-state index contributed by atoms with van der Waals surface area (Å²) in [5.74, 6) is 0. The van der Waals surface area contributed by atoms with Gasteiger partial charge >= 0.3 is 0 Å². The number of methoxy groups -OCH3 is 2. The zero-order valence-corrected chi connectivity index (χ0v) is 10.9. The largest absolute Gasteiger partial charge is 0.396 e. The zero-order valence-electron chi connectivity index (χ0n) is 10.9. The molecule has 0 aromatic carbocycles. The lowest BCUT2D eigenvalue weighted by Crippen LogP contribution is -2.10. The number of hydrogen-bond acceptors (Lipinski definition) is 3. The van der Waals surface area contributed by atoms with E-state index in [4.69, 9.17) is 14.6 Å². The third kappa shape index (κ3) is 10.4. The number of ether oxygens (including phenoxy) is 2. The lowest BCUT2D eigenvalue weighted by molar-refractivity contribution is 0.0820. The summed E-state index contributed by atoms with van der Waals surface area (Å²) in [6, 6.07) is 0. The van der Waals surface area contributed by atoms with Crippen LogP contribution in [-0.4, -0.2) is 38.6 Å². The average Bonchev–Trinajstić information content (AvgIpc) is 2.31. The molecule has 0 spiro atoms. The van der Waals surface area contributed by atoms with Gasteiger partial charge < -0.3 is 14.6 Å². The van der Waals surface area contributed by atoms with Crippen molar-refractivity contribution in [1.82, 2.24) is 0 Å². The number of unbranched alkanes of at least 4 members (excludes halogenated alkanes) is 4. The van der Waals surface area contributed by atoms with Gasteiger partial charge in [0.15, 0.2) is 0 Å². The SMILES string of the molecule is COCCCCCC(CCCCCO)OC. The maximum atomic E-state index is 8.67.